The normalized spacial score (nSPS) is 16.3. The van der Waals surface area contributed by atoms with Gasteiger partial charge >= 0.3 is 6.09 Å². The van der Waals surface area contributed by atoms with E-state index in [1.54, 1.807) is 29.2 Å². The number of carbonyl (C=O) groups is 1. The zero-order valence-corrected chi connectivity index (χ0v) is 14.3. The van der Waals surface area contributed by atoms with E-state index in [-0.39, 0.29) is 17.8 Å². The van der Waals surface area contributed by atoms with E-state index < -0.39 is 15.4 Å². The van der Waals surface area contributed by atoms with Crippen LogP contribution in [0.2, 0.25) is 0 Å². The zero-order chi connectivity index (χ0) is 16.5. The molecule has 0 spiro atoms. The molecule has 1 aliphatic heterocycles. The minimum Gasteiger partial charge on any atom is -0.444 e. The van der Waals surface area contributed by atoms with Gasteiger partial charge in [-0.25, -0.2) is 13.2 Å². The molecular weight excluding hydrogens is 302 g/mol. The fourth-order valence-electron chi connectivity index (χ4n) is 2.30. The molecule has 22 heavy (non-hydrogen) atoms. The number of amides is 1. The van der Waals surface area contributed by atoms with E-state index in [1.165, 1.54) is 0 Å². The SMILES string of the molecule is Cc1ccc(S(=O)(=O)CC2CN(C(=O)OC(C)(C)C)C2)cc1. The van der Waals surface area contributed by atoms with E-state index in [4.69, 9.17) is 4.74 Å². The van der Waals surface area contributed by atoms with Crippen molar-refractivity contribution >= 4 is 15.9 Å². The molecule has 5 nitrogen and oxygen atoms in total. The largest absolute Gasteiger partial charge is 0.444 e. The first-order valence-corrected chi connectivity index (χ1v) is 8.99. The van der Waals surface area contributed by atoms with Crippen molar-refractivity contribution in [2.45, 2.75) is 38.2 Å². The van der Waals surface area contributed by atoms with Gasteiger partial charge in [0.25, 0.3) is 0 Å². The van der Waals surface area contributed by atoms with Gasteiger partial charge in [-0.2, -0.15) is 0 Å². The highest BCUT2D eigenvalue weighted by molar-refractivity contribution is 7.91. The summed E-state index contributed by atoms with van der Waals surface area (Å²) in [7, 11) is -3.30. The van der Waals surface area contributed by atoms with Crippen LogP contribution in [0, 0.1) is 12.8 Å². The number of aryl methyl sites for hydroxylation is 1. The maximum absolute atomic E-state index is 12.3. The molecule has 0 bridgehead atoms. The molecule has 122 valence electrons. The summed E-state index contributed by atoms with van der Waals surface area (Å²) >= 11 is 0. The molecule has 2 rings (SSSR count). The first-order valence-electron chi connectivity index (χ1n) is 7.34. The predicted molar refractivity (Wildman–Crippen MR) is 84.5 cm³/mol. The molecule has 1 fully saturated rings. The Morgan fingerprint density at radius 3 is 2.27 bits per heavy atom. The highest BCUT2D eigenvalue weighted by Crippen LogP contribution is 2.23. The van der Waals surface area contributed by atoms with Gasteiger partial charge in [-0.15, -0.1) is 0 Å². The summed E-state index contributed by atoms with van der Waals surface area (Å²) in [5, 5.41) is 0. The topological polar surface area (TPSA) is 63.7 Å². The lowest BCUT2D eigenvalue weighted by Gasteiger charge is -2.39. The van der Waals surface area contributed by atoms with Crippen LogP contribution in [0.15, 0.2) is 29.2 Å². The molecule has 1 saturated heterocycles. The van der Waals surface area contributed by atoms with Gasteiger partial charge in [0.15, 0.2) is 9.84 Å². The van der Waals surface area contributed by atoms with Crippen molar-refractivity contribution in [2.24, 2.45) is 5.92 Å². The molecule has 0 N–H and O–H groups in total. The van der Waals surface area contributed by atoms with Gasteiger partial charge in [0.2, 0.25) is 0 Å². The average Bonchev–Trinajstić information content (AvgIpc) is 2.31. The number of hydrogen-bond donors (Lipinski definition) is 0. The van der Waals surface area contributed by atoms with E-state index in [1.807, 2.05) is 27.7 Å². The second-order valence-corrected chi connectivity index (χ2v) is 8.88. The minimum absolute atomic E-state index is 0.0289. The Bertz CT molecular complexity index is 638. The van der Waals surface area contributed by atoms with Crippen LogP contribution in [0.25, 0.3) is 0 Å². The lowest BCUT2D eigenvalue weighted by Crippen LogP contribution is -2.53. The molecule has 1 aromatic carbocycles. The smallest absolute Gasteiger partial charge is 0.410 e. The van der Waals surface area contributed by atoms with E-state index in [0.717, 1.165) is 5.56 Å². The van der Waals surface area contributed by atoms with Crippen LogP contribution in [-0.4, -0.2) is 43.9 Å². The van der Waals surface area contributed by atoms with Crippen molar-refractivity contribution in [1.82, 2.24) is 4.90 Å². The number of hydrogen-bond acceptors (Lipinski definition) is 4. The fraction of sp³-hybridized carbons (Fsp3) is 0.562. The highest BCUT2D eigenvalue weighted by Gasteiger charge is 2.36. The summed E-state index contributed by atoms with van der Waals surface area (Å²) in [5.41, 5.74) is 0.495. The number of sulfone groups is 1. The van der Waals surface area contributed by atoms with Crippen LogP contribution in [0.4, 0.5) is 4.79 Å². The van der Waals surface area contributed by atoms with Gasteiger partial charge in [0.05, 0.1) is 10.6 Å². The van der Waals surface area contributed by atoms with Gasteiger partial charge in [0, 0.05) is 19.0 Å². The predicted octanol–water partition coefficient (Wildman–Crippen LogP) is 2.64. The molecule has 1 aliphatic rings. The van der Waals surface area contributed by atoms with Crippen LogP contribution in [0.1, 0.15) is 26.3 Å². The van der Waals surface area contributed by atoms with E-state index in [2.05, 4.69) is 0 Å². The summed E-state index contributed by atoms with van der Waals surface area (Å²) in [6.07, 6.45) is -0.378. The maximum Gasteiger partial charge on any atom is 0.410 e. The quantitative estimate of drug-likeness (QED) is 0.857. The maximum atomic E-state index is 12.3. The van der Waals surface area contributed by atoms with Crippen molar-refractivity contribution in [2.75, 3.05) is 18.8 Å². The lowest BCUT2D eigenvalue weighted by molar-refractivity contribution is 0.00191. The molecule has 0 saturated carbocycles. The lowest BCUT2D eigenvalue weighted by atomic mass is 10.0. The average molecular weight is 325 g/mol. The van der Waals surface area contributed by atoms with Crippen LogP contribution < -0.4 is 0 Å². The zero-order valence-electron chi connectivity index (χ0n) is 13.5. The number of nitrogens with zero attached hydrogens (tertiary/aromatic N) is 1. The highest BCUT2D eigenvalue weighted by atomic mass is 32.2. The first kappa shape index (κ1) is 16.8. The summed E-state index contributed by atoms with van der Waals surface area (Å²) in [5.74, 6) is 0.0360. The third-order valence-corrected chi connectivity index (χ3v) is 5.34. The molecule has 0 radical (unpaired) electrons. The Kier molecular flexibility index (Phi) is 4.52. The minimum atomic E-state index is -3.30. The Morgan fingerprint density at radius 1 is 1.23 bits per heavy atom. The molecule has 0 aliphatic carbocycles. The molecule has 0 unspecified atom stereocenters. The van der Waals surface area contributed by atoms with E-state index in [0.29, 0.717) is 18.0 Å². The van der Waals surface area contributed by atoms with Crippen molar-refractivity contribution in [3.63, 3.8) is 0 Å². The molecular formula is C16H23NO4S. The molecule has 1 aromatic rings. The number of rotatable bonds is 3. The summed E-state index contributed by atoms with van der Waals surface area (Å²) in [6, 6.07) is 6.85. The summed E-state index contributed by atoms with van der Waals surface area (Å²) in [4.78, 5) is 13.7. The van der Waals surface area contributed by atoms with Crippen molar-refractivity contribution < 1.29 is 17.9 Å². The molecule has 1 amide bonds. The van der Waals surface area contributed by atoms with Gasteiger partial charge in [0.1, 0.15) is 5.60 Å². The standard InChI is InChI=1S/C16H23NO4S/c1-12-5-7-14(8-6-12)22(19,20)11-13-9-17(10-13)15(18)21-16(2,3)4/h5-8,13H,9-11H2,1-4H3. The summed E-state index contributed by atoms with van der Waals surface area (Å²) in [6.45, 7) is 8.21. The number of ether oxygens (including phenoxy) is 1. The van der Waals surface area contributed by atoms with E-state index >= 15 is 0 Å². The first-order chi connectivity index (χ1) is 10.1. The second kappa shape index (κ2) is 5.91. The fourth-order valence-corrected chi connectivity index (χ4v) is 3.88. The molecule has 0 atom stereocenters. The molecule has 6 heteroatoms. The van der Waals surface area contributed by atoms with Gasteiger partial charge in [-0.1, -0.05) is 17.7 Å². The van der Waals surface area contributed by atoms with Gasteiger partial charge in [-0.05, 0) is 39.8 Å². The number of carbonyl (C=O) groups excluding carboxylic acids is 1. The Balaban J connectivity index is 1.89. The van der Waals surface area contributed by atoms with Crippen molar-refractivity contribution in [3.8, 4) is 0 Å². The molecule has 1 heterocycles. The number of benzene rings is 1. The Hall–Kier alpha value is -1.56. The van der Waals surface area contributed by atoms with Crippen molar-refractivity contribution in [3.05, 3.63) is 29.8 Å². The monoisotopic (exact) mass is 325 g/mol. The van der Waals surface area contributed by atoms with E-state index in [9.17, 15) is 13.2 Å². The van der Waals surface area contributed by atoms with Crippen molar-refractivity contribution in [1.29, 1.82) is 0 Å². The van der Waals surface area contributed by atoms with Gasteiger partial charge in [-0.3, -0.25) is 0 Å². The third kappa shape index (κ3) is 4.22. The van der Waals surface area contributed by atoms with Gasteiger partial charge < -0.3 is 9.64 Å². The van der Waals surface area contributed by atoms with Crippen LogP contribution in [-0.2, 0) is 14.6 Å². The van der Waals surface area contributed by atoms with Crippen LogP contribution in [0.3, 0.4) is 0 Å². The van der Waals surface area contributed by atoms with Crippen LogP contribution in [0.5, 0.6) is 0 Å². The Morgan fingerprint density at radius 2 is 1.77 bits per heavy atom. The Labute approximate surface area is 132 Å². The van der Waals surface area contributed by atoms with Crippen LogP contribution >= 0.6 is 0 Å². The number of likely N-dealkylation sites (tertiary alicyclic amines) is 1. The second-order valence-electron chi connectivity index (χ2n) is 6.85. The summed E-state index contributed by atoms with van der Waals surface area (Å²) < 4.78 is 29.9. The molecule has 0 aromatic heterocycles. The third-order valence-electron chi connectivity index (χ3n) is 3.44.